The van der Waals surface area contributed by atoms with E-state index in [4.69, 9.17) is 15.5 Å². The van der Waals surface area contributed by atoms with Gasteiger partial charge in [0.2, 0.25) is 10.0 Å². The third-order valence-corrected chi connectivity index (χ3v) is 8.17. The number of sulfonamides is 1. The van der Waals surface area contributed by atoms with Gasteiger partial charge in [-0.25, -0.2) is 13.2 Å². The van der Waals surface area contributed by atoms with Crippen molar-refractivity contribution in [2.24, 2.45) is 11.8 Å². The zero-order chi connectivity index (χ0) is 21.5. The molecule has 1 aliphatic carbocycles. The van der Waals surface area contributed by atoms with Crippen LogP contribution in [0.1, 0.15) is 31.7 Å². The van der Waals surface area contributed by atoms with Gasteiger partial charge in [0.05, 0.1) is 5.69 Å². The molecular weight excluding hydrogens is 474 g/mol. The summed E-state index contributed by atoms with van der Waals surface area (Å²) in [6.07, 6.45) is 4.71. The first-order chi connectivity index (χ1) is 14.3. The number of cyclic esters (lactones) is 1. The fourth-order valence-electron chi connectivity index (χ4n) is 4.16. The number of allylic oxidation sites excluding steroid dienone is 2. The predicted octanol–water partition coefficient (Wildman–Crippen LogP) is 3.40. The lowest BCUT2D eigenvalue weighted by Crippen LogP contribution is -2.50. The number of hydrogen-bond donors (Lipinski definition) is 1. The van der Waals surface area contributed by atoms with E-state index in [0.29, 0.717) is 32.4 Å². The van der Waals surface area contributed by atoms with E-state index in [-0.39, 0.29) is 29.2 Å². The van der Waals surface area contributed by atoms with Gasteiger partial charge in [0.15, 0.2) is 5.76 Å². The number of anilines is 1. The summed E-state index contributed by atoms with van der Waals surface area (Å²) in [6, 6.07) is 5.59. The van der Waals surface area contributed by atoms with Crippen LogP contribution >= 0.6 is 15.9 Å². The molecule has 1 aromatic carbocycles. The molecule has 3 aliphatic rings. The van der Waals surface area contributed by atoms with Crippen molar-refractivity contribution in [3.63, 3.8) is 0 Å². The number of fused-ring (bicyclic) bond motifs is 1. The van der Waals surface area contributed by atoms with Crippen molar-refractivity contribution in [3.8, 4) is 0 Å². The molecular formula is C20H24BrN3O5S. The maximum absolute atomic E-state index is 13.2. The van der Waals surface area contributed by atoms with Crippen molar-refractivity contribution in [2.75, 3.05) is 18.0 Å². The van der Waals surface area contributed by atoms with Gasteiger partial charge in [0.25, 0.3) is 0 Å². The summed E-state index contributed by atoms with van der Waals surface area (Å²) >= 11 is 3.44. The molecule has 10 heteroatoms. The average Bonchev–Trinajstić information content (AvgIpc) is 2.74. The molecule has 1 unspecified atom stereocenters. The Labute approximate surface area is 184 Å². The molecule has 1 fully saturated rings. The molecule has 0 radical (unpaired) electrons. The number of nitrogens with two attached hydrogens (primary N) is 1. The SMILES string of the molecule is CC1C=C(S(=O)(=O)N2CCC(N3C(=O)OCc4cc(Br)ccc43)CC2)C(ON)=CC1. The fourth-order valence-corrected chi connectivity index (χ4v) is 6.33. The standard InChI is InChI=1S/C20H24BrN3O5S/c1-13-2-5-18(29-22)19(10-13)30(26,27)23-8-6-16(7-9-23)24-17-4-3-15(21)11-14(17)12-28-20(24)25/h3-5,10-11,13,16H,2,6-9,12,22H2,1H3. The molecule has 4 rings (SSSR count). The quantitative estimate of drug-likeness (QED) is 0.639. The van der Waals surface area contributed by atoms with Crippen molar-refractivity contribution in [2.45, 2.75) is 38.8 Å². The average molecular weight is 498 g/mol. The van der Waals surface area contributed by atoms with Crippen molar-refractivity contribution in [3.05, 3.63) is 51.1 Å². The van der Waals surface area contributed by atoms with Gasteiger partial charge in [0, 0.05) is 29.2 Å². The molecule has 1 saturated heterocycles. The minimum absolute atomic E-state index is 0.0881. The summed E-state index contributed by atoms with van der Waals surface area (Å²) in [4.78, 5) is 19.1. The summed E-state index contributed by atoms with van der Waals surface area (Å²) in [6.45, 7) is 2.78. The number of halogens is 1. The minimum atomic E-state index is -3.73. The van der Waals surface area contributed by atoms with Crippen LogP contribution in [0.15, 0.2) is 45.5 Å². The zero-order valence-electron chi connectivity index (χ0n) is 16.6. The third-order valence-electron chi connectivity index (χ3n) is 5.74. The summed E-state index contributed by atoms with van der Waals surface area (Å²) in [5.74, 6) is 5.58. The van der Waals surface area contributed by atoms with Gasteiger partial charge >= 0.3 is 6.09 Å². The number of carbonyl (C=O) groups is 1. The highest BCUT2D eigenvalue weighted by molar-refractivity contribution is 9.10. The van der Waals surface area contributed by atoms with Gasteiger partial charge in [-0.05, 0) is 49.5 Å². The number of nitrogens with zero attached hydrogens (tertiary/aromatic N) is 2. The first kappa shape index (κ1) is 21.4. The van der Waals surface area contributed by atoms with Crippen LogP contribution in [0.2, 0.25) is 0 Å². The molecule has 8 nitrogen and oxygen atoms in total. The highest BCUT2D eigenvalue weighted by Gasteiger charge is 2.39. The molecule has 2 aliphatic heterocycles. The molecule has 0 bridgehead atoms. The predicted molar refractivity (Wildman–Crippen MR) is 116 cm³/mol. The van der Waals surface area contributed by atoms with E-state index in [1.54, 1.807) is 17.1 Å². The van der Waals surface area contributed by atoms with Crippen molar-refractivity contribution >= 4 is 37.7 Å². The zero-order valence-corrected chi connectivity index (χ0v) is 19.0. The van der Waals surface area contributed by atoms with Crippen molar-refractivity contribution in [1.82, 2.24) is 4.31 Å². The maximum Gasteiger partial charge on any atom is 0.414 e. The Morgan fingerprint density at radius 1 is 1.27 bits per heavy atom. The van der Waals surface area contributed by atoms with Crippen LogP contribution in [0.3, 0.4) is 0 Å². The fraction of sp³-hybridized carbons (Fsp3) is 0.450. The molecule has 30 heavy (non-hydrogen) atoms. The smallest absolute Gasteiger partial charge is 0.414 e. The van der Waals surface area contributed by atoms with Crippen molar-refractivity contribution < 1.29 is 22.8 Å². The molecule has 0 aromatic heterocycles. The summed E-state index contributed by atoms with van der Waals surface area (Å²) in [5.41, 5.74) is 1.75. The van der Waals surface area contributed by atoms with Crippen LogP contribution in [0.5, 0.6) is 0 Å². The lowest BCUT2D eigenvalue weighted by molar-refractivity contribution is 0.136. The number of benzene rings is 1. The summed E-state index contributed by atoms with van der Waals surface area (Å²) < 4.78 is 34.1. The Kier molecular flexibility index (Phi) is 5.93. The molecule has 2 N–H and O–H groups in total. The second kappa shape index (κ2) is 8.33. The molecule has 0 spiro atoms. The molecule has 1 aromatic rings. The molecule has 162 valence electrons. The minimum Gasteiger partial charge on any atom is -0.444 e. The third kappa shape index (κ3) is 3.89. The largest absolute Gasteiger partial charge is 0.444 e. The number of piperidine rings is 1. The Morgan fingerprint density at radius 3 is 2.70 bits per heavy atom. The molecule has 1 atom stereocenters. The van der Waals surface area contributed by atoms with Crippen LogP contribution in [-0.4, -0.2) is 37.9 Å². The first-order valence-electron chi connectivity index (χ1n) is 9.85. The van der Waals surface area contributed by atoms with Crippen LogP contribution < -0.4 is 10.8 Å². The van der Waals surface area contributed by atoms with Gasteiger partial charge in [-0.3, -0.25) is 4.90 Å². The van der Waals surface area contributed by atoms with Gasteiger partial charge in [-0.1, -0.05) is 28.9 Å². The van der Waals surface area contributed by atoms with Crippen LogP contribution in [-0.2, 0) is 26.2 Å². The normalized spacial score (nSPS) is 23.4. The monoisotopic (exact) mass is 497 g/mol. The topological polar surface area (TPSA) is 102 Å². The van der Waals surface area contributed by atoms with Gasteiger partial charge in [-0.2, -0.15) is 10.2 Å². The number of hydrogen-bond acceptors (Lipinski definition) is 6. The van der Waals surface area contributed by atoms with Gasteiger partial charge < -0.3 is 9.57 Å². The van der Waals surface area contributed by atoms with E-state index in [2.05, 4.69) is 15.9 Å². The number of amides is 1. The van der Waals surface area contributed by atoms with E-state index in [0.717, 1.165) is 15.7 Å². The Morgan fingerprint density at radius 2 is 2.00 bits per heavy atom. The molecule has 2 heterocycles. The molecule has 1 amide bonds. The van der Waals surface area contributed by atoms with Gasteiger partial charge in [0.1, 0.15) is 11.5 Å². The van der Waals surface area contributed by atoms with E-state index >= 15 is 0 Å². The Balaban J connectivity index is 1.52. The van der Waals surface area contributed by atoms with Crippen LogP contribution in [0.4, 0.5) is 10.5 Å². The maximum atomic E-state index is 13.2. The number of ether oxygens (including phenoxy) is 1. The number of rotatable bonds is 4. The highest BCUT2D eigenvalue weighted by Crippen LogP contribution is 2.35. The number of carbonyl (C=O) groups excluding carboxylic acids is 1. The Hall–Kier alpha value is -1.88. The summed E-state index contributed by atoms with van der Waals surface area (Å²) in [7, 11) is -3.73. The Bertz CT molecular complexity index is 1020. The van der Waals surface area contributed by atoms with E-state index in [9.17, 15) is 13.2 Å². The summed E-state index contributed by atoms with van der Waals surface area (Å²) in [5, 5.41) is 0. The van der Waals surface area contributed by atoms with Crippen LogP contribution in [0, 0.1) is 5.92 Å². The lowest BCUT2D eigenvalue weighted by Gasteiger charge is -2.40. The lowest BCUT2D eigenvalue weighted by atomic mass is 10.0. The molecule has 0 saturated carbocycles. The van der Waals surface area contributed by atoms with E-state index in [1.807, 2.05) is 25.1 Å². The van der Waals surface area contributed by atoms with E-state index in [1.165, 1.54) is 4.31 Å². The van der Waals surface area contributed by atoms with E-state index < -0.39 is 16.1 Å². The van der Waals surface area contributed by atoms with Crippen molar-refractivity contribution in [1.29, 1.82) is 0 Å². The van der Waals surface area contributed by atoms with Crippen LogP contribution in [0.25, 0.3) is 0 Å². The first-order valence-corrected chi connectivity index (χ1v) is 12.1. The second-order valence-corrected chi connectivity index (χ2v) is 10.6. The second-order valence-electron chi connectivity index (χ2n) is 7.76. The highest BCUT2D eigenvalue weighted by atomic mass is 79.9. The van der Waals surface area contributed by atoms with Gasteiger partial charge in [-0.15, -0.1) is 0 Å².